The first-order valence-corrected chi connectivity index (χ1v) is 7.78. The van der Waals surface area contributed by atoms with E-state index in [1.165, 1.54) is 7.05 Å². The lowest BCUT2D eigenvalue weighted by molar-refractivity contribution is -0.129. The molecule has 1 fully saturated rings. The lowest BCUT2D eigenvalue weighted by atomic mass is 9.99. The Morgan fingerprint density at radius 2 is 2.00 bits per heavy atom. The largest absolute Gasteiger partial charge is 0.342 e. The second kappa shape index (κ2) is 5.24. The molecule has 0 spiro atoms. The molecule has 19 heavy (non-hydrogen) atoms. The quantitative estimate of drug-likeness (QED) is 0.725. The fourth-order valence-electron chi connectivity index (χ4n) is 2.06. The average molecular weight is 287 g/mol. The minimum Gasteiger partial charge on any atom is -0.342 e. The summed E-state index contributed by atoms with van der Waals surface area (Å²) in [5.74, 6) is -0.367. The van der Waals surface area contributed by atoms with Gasteiger partial charge in [-0.25, -0.2) is 13.1 Å². The first-order valence-electron chi connectivity index (χ1n) is 6.13. The van der Waals surface area contributed by atoms with Crippen LogP contribution in [0.3, 0.4) is 0 Å². The number of carbonyl (C=O) groups is 1. The second-order valence-corrected chi connectivity index (χ2v) is 6.79. The molecule has 1 aliphatic rings. The third kappa shape index (κ3) is 3.09. The van der Waals surface area contributed by atoms with Gasteiger partial charge in [0.2, 0.25) is 15.7 Å². The van der Waals surface area contributed by atoms with E-state index in [-0.39, 0.29) is 11.1 Å². The highest BCUT2D eigenvalue weighted by Crippen LogP contribution is 2.17. The molecule has 1 aromatic rings. The van der Waals surface area contributed by atoms with Crippen LogP contribution in [0.5, 0.6) is 0 Å². The smallest absolute Gasteiger partial charge is 0.267 e. The molecule has 0 unspecified atom stereocenters. The highest BCUT2D eigenvalue weighted by molar-refractivity contribution is 7.91. The van der Waals surface area contributed by atoms with Crippen LogP contribution >= 0.6 is 0 Å². The van der Waals surface area contributed by atoms with Gasteiger partial charge in [-0.05, 0) is 29.2 Å². The van der Waals surface area contributed by atoms with E-state index in [1.807, 2.05) is 0 Å². The van der Waals surface area contributed by atoms with E-state index in [1.54, 1.807) is 4.90 Å². The van der Waals surface area contributed by atoms with Gasteiger partial charge in [-0.2, -0.15) is 0 Å². The van der Waals surface area contributed by atoms with Crippen LogP contribution in [-0.4, -0.2) is 58.3 Å². The van der Waals surface area contributed by atoms with Crippen LogP contribution in [0.1, 0.15) is 19.8 Å². The van der Waals surface area contributed by atoms with Crippen LogP contribution in [0, 0.1) is 5.92 Å². The third-order valence-corrected chi connectivity index (χ3v) is 4.84. The molecular weight excluding hydrogens is 270 g/mol. The van der Waals surface area contributed by atoms with Crippen molar-refractivity contribution in [3.05, 3.63) is 0 Å². The van der Waals surface area contributed by atoms with Gasteiger partial charge in [-0.1, -0.05) is 12.0 Å². The Labute approximate surface area is 111 Å². The van der Waals surface area contributed by atoms with E-state index in [0.717, 1.165) is 17.5 Å². The summed E-state index contributed by atoms with van der Waals surface area (Å²) in [5.41, 5.74) is 0. The van der Waals surface area contributed by atoms with Gasteiger partial charge in [0.05, 0.1) is 0 Å². The lowest BCUT2D eigenvalue weighted by Gasteiger charge is -2.30. The Morgan fingerprint density at radius 1 is 1.37 bits per heavy atom. The molecule has 0 radical (unpaired) electrons. The summed E-state index contributed by atoms with van der Waals surface area (Å²) in [6.45, 7) is 3.36. The molecule has 1 saturated heterocycles. The SMILES string of the molecule is CC1CCN(C(=O)CS(=O)(=O)c2nnnn2C)CC1. The molecule has 0 saturated carbocycles. The Hall–Kier alpha value is -1.51. The summed E-state index contributed by atoms with van der Waals surface area (Å²) >= 11 is 0. The number of sulfone groups is 1. The molecule has 0 atom stereocenters. The molecule has 1 aliphatic heterocycles. The van der Waals surface area contributed by atoms with E-state index < -0.39 is 15.6 Å². The fraction of sp³-hybridized carbons (Fsp3) is 0.800. The highest BCUT2D eigenvalue weighted by Gasteiger charge is 2.29. The maximum atomic E-state index is 12.0. The molecule has 0 N–H and O–H groups in total. The first-order chi connectivity index (χ1) is 8.90. The van der Waals surface area contributed by atoms with Gasteiger partial charge >= 0.3 is 0 Å². The molecule has 2 heterocycles. The van der Waals surface area contributed by atoms with Crippen molar-refractivity contribution in [2.75, 3.05) is 18.8 Å². The molecule has 9 heteroatoms. The number of rotatable bonds is 3. The summed E-state index contributed by atoms with van der Waals surface area (Å²) in [4.78, 5) is 13.6. The van der Waals surface area contributed by atoms with Gasteiger partial charge in [-0.3, -0.25) is 4.79 Å². The number of hydrogen-bond donors (Lipinski definition) is 0. The molecule has 2 rings (SSSR count). The molecule has 106 valence electrons. The van der Waals surface area contributed by atoms with Crippen LogP contribution in [0.25, 0.3) is 0 Å². The minimum atomic E-state index is -3.77. The second-order valence-electron chi connectivity index (χ2n) is 4.91. The normalized spacial score (nSPS) is 17.7. The summed E-state index contributed by atoms with van der Waals surface area (Å²) in [7, 11) is -2.34. The van der Waals surface area contributed by atoms with E-state index in [4.69, 9.17) is 0 Å². The highest BCUT2D eigenvalue weighted by atomic mass is 32.2. The summed E-state index contributed by atoms with van der Waals surface area (Å²) in [5, 5.41) is 9.91. The van der Waals surface area contributed by atoms with Crippen LogP contribution in [0.4, 0.5) is 0 Å². The predicted octanol–water partition coefficient (Wildman–Crippen LogP) is -0.758. The first kappa shape index (κ1) is 13.9. The van der Waals surface area contributed by atoms with Gasteiger partial charge in [0.25, 0.3) is 5.16 Å². The number of hydrogen-bond acceptors (Lipinski definition) is 6. The van der Waals surface area contributed by atoms with Crippen LogP contribution in [-0.2, 0) is 21.7 Å². The number of likely N-dealkylation sites (tertiary alicyclic amines) is 1. The van der Waals surface area contributed by atoms with Crippen molar-refractivity contribution in [1.82, 2.24) is 25.1 Å². The number of aryl methyl sites for hydroxylation is 1. The van der Waals surface area contributed by atoms with Gasteiger partial charge < -0.3 is 4.90 Å². The molecule has 1 aromatic heterocycles. The van der Waals surface area contributed by atoms with E-state index in [2.05, 4.69) is 22.4 Å². The molecular formula is C10H17N5O3S. The van der Waals surface area contributed by atoms with Crippen molar-refractivity contribution < 1.29 is 13.2 Å². The van der Waals surface area contributed by atoms with Gasteiger partial charge in [-0.15, -0.1) is 0 Å². The van der Waals surface area contributed by atoms with Crippen molar-refractivity contribution in [2.24, 2.45) is 13.0 Å². The van der Waals surface area contributed by atoms with Crippen molar-refractivity contribution in [3.8, 4) is 0 Å². The van der Waals surface area contributed by atoms with Gasteiger partial charge in [0.15, 0.2) is 0 Å². The predicted molar refractivity (Wildman–Crippen MR) is 65.8 cm³/mol. The molecule has 0 aliphatic carbocycles. The van der Waals surface area contributed by atoms with Crippen molar-refractivity contribution >= 4 is 15.7 Å². The zero-order valence-electron chi connectivity index (χ0n) is 11.0. The zero-order chi connectivity index (χ0) is 14.0. The van der Waals surface area contributed by atoms with Crippen LogP contribution in [0.15, 0.2) is 5.16 Å². The Balaban J connectivity index is 2.05. The lowest BCUT2D eigenvalue weighted by Crippen LogP contribution is -2.41. The molecule has 0 bridgehead atoms. The minimum absolute atomic E-state index is 0.272. The number of tetrazole rings is 1. The van der Waals surface area contributed by atoms with Crippen molar-refractivity contribution in [3.63, 3.8) is 0 Å². The molecule has 1 amide bonds. The van der Waals surface area contributed by atoms with Crippen LogP contribution in [0.2, 0.25) is 0 Å². The Bertz CT molecular complexity index is 559. The number of nitrogens with zero attached hydrogens (tertiary/aromatic N) is 5. The maximum absolute atomic E-state index is 12.0. The average Bonchev–Trinajstić information content (AvgIpc) is 2.76. The molecule has 0 aromatic carbocycles. The van der Waals surface area contributed by atoms with E-state index >= 15 is 0 Å². The standard InChI is InChI=1S/C10H17N5O3S/c1-8-3-5-15(6-4-8)9(16)7-19(17,18)10-11-12-13-14(10)2/h8H,3-7H2,1-2H3. The number of carbonyl (C=O) groups excluding carboxylic acids is 1. The van der Waals surface area contributed by atoms with Crippen molar-refractivity contribution in [2.45, 2.75) is 24.9 Å². The van der Waals surface area contributed by atoms with Crippen LogP contribution < -0.4 is 0 Å². The number of piperidine rings is 1. The Morgan fingerprint density at radius 3 is 2.53 bits per heavy atom. The van der Waals surface area contributed by atoms with Crippen molar-refractivity contribution in [1.29, 1.82) is 0 Å². The van der Waals surface area contributed by atoms with Gasteiger partial charge in [0, 0.05) is 20.1 Å². The van der Waals surface area contributed by atoms with E-state index in [9.17, 15) is 13.2 Å². The molecule has 8 nitrogen and oxygen atoms in total. The van der Waals surface area contributed by atoms with E-state index in [0.29, 0.717) is 19.0 Å². The topological polar surface area (TPSA) is 98.1 Å². The fourth-order valence-corrected chi connectivity index (χ4v) is 3.30. The monoisotopic (exact) mass is 287 g/mol. The zero-order valence-corrected chi connectivity index (χ0v) is 11.8. The summed E-state index contributed by atoms with van der Waals surface area (Å²) in [6.07, 6.45) is 1.83. The summed E-state index contributed by atoms with van der Waals surface area (Å²) in [6, 6.07) is 0. The number of amides is 1. The Kier molecular flexibility index (Phi) is 3.83. The third-order valence-electron chi connectivity index (χ3n) is 3.31. The summed E-state index contributed by atoms with van der Waals surface area (Å²) < 4.78 is 25.1. The van der Waals surface area contributed by atoms with Gasteiger partial charge in [0.1, 0.15) is 5.75 Å². The number of aromatic nitrogens is 4. The maximum Gasteiger partial charge on any atom is 0.267 e.